The van der Waals surface area contributed by atoms with Crippen LogP contribution in [0.2, 0.25) is 5.02 Å². The molecule has 1 aromatic carbocycles. The molecule has 3 nitrogen and oxygen atoms in total. The zero-order valence-electron chi connectivity index (χ0n) is 11.1. The van der Waals surface area contributed by atoms with Crippen LogP contribution in [0.15, 0.2) is 24.3 Å². The minimum Gasteiger partial charge on any atom is -0.492 e. The van der Waals surface area contributed by atoms with Gasteiger partial charge in [-0.05, 0) is 50.1 Å². The maximum atomic E-state index is 5.85. The molecule has 0 radical (unpaired) electrons. The summed E-state index contributed by atoms with van der Waals surface area (Å²) in [4.78, 5) is 2.52. The van der Waals surface area contributed by atoms with Crippen LogP contribution in [0.4, 0.5) is 0 Å². The summed E-state index contributed by atoms with van der Waals surface area (Å²) in [5, 5.41) is 4.45. The Morgan fingerprint density at radius 3 is 2.79 bits per heavy atom. The van der Waals surface area contributed by atoms with Crippen molar-refractivity contribution < 1.29 is 4.74 Å². The number of hydrogen-bond donors (Lipinski definition) is 1. The number of likely N-dealkylation sites (tertiary alicyclic amines) is 1. The van der Waals surface area contributed by atoms with Gasteiger partial charge in [0.25, 0.3) is 0 Å². The molecule has 2 aliphatic rings. The van der Waals surface area contributed by atoms with Crippen molar-refractivity contribution in [3.63, 3.8) is 0 Å². The van der Waals surface area contributed by atoms with Gasteiger partial charge in [-0.1, -0.05) is 11.6 Å². The molecule has 1 aromatic rings. The van der Waals surface area contributed by atoms with Gasteiger partial charge in [-0.15, -0.1) is 0 Å². The molecule has 0 saturated carbocycles. The fraction of sp³-hybridized carbons (Fsp3) is 0.600. The standard InChI is InChI=1S/C15H21ClN2O/c16-12-1-5-15(6-2-12)19-10-9-18-8-7-13-3-4-14(11-18)17-13/h1-2,5-6,13-14,17H,3-4,7-11H2. The molecule has 4 heteroatoms. The maximum absolute atomic E-state index is 5.85. The minimum absolute atomic E-state index is 0.697. The highest BCUT2D eigenvalue weighted by Gasteiger charge is 2.28. The van der Waals surface area contributed by atoms with Crippen LogP contribution in [0.1, 0.15) is 19.3 Å². The third kappa shape index (κ3) is 3.62. The SMILES string of the molecule is Clc1ccc(OCCN2CCC3CCC(C2)N3)cc1. The second-order valence-electron chi connectivity index (χ2n) is 5.53. The summed E-state index contributed by atoms with van der Waals surface area (Å²) in [6, 6.07) is 9.04. The van der Waals surface area contributed by atoms with Crippen molar-refractivity contribution in [2.45, 2.75) is 31.3 Å². The van der Waals surface area contributed by atoms with E-state index in [9.17, 15) is 0 Å². The molecule has 2 bridgehead atoms. The topological polar surface area (TPSA) is 24.5 Å². The Labute approximate surface area is 119 Å². The van der Waals surface area contributed by atoms with Gasteiger partial charge < -0.3 is 10.1 Å². The number of halogens is 1. The Kier molecular flexibility index (Phi) is 4.26. The quantitative estimate of drug-likeness (QED) is 0.917. The summed E-state index contributed by atoms with van der Waals surface area (Å²) in [6.45, 7) is 4.12. The molecule has 3 rings (SSSR count). The van der Waals surface area contributed by atoms with Crippen LogP contribution in [0.25, 0.3) is 0 Å². The van der Waals surface area contributed by atoms with Crippen molar-refractivity contribution in [3.05, 3.63) is 29.3 Å². The van der Waals surface area contributed by atoms with E-state index in [2.05, 4.69) is 10.2 Å². The molecule has 1 N–H and O–H groups in total. The predicted molar refractivity (Wildman–Crippen MR) is 77.9 cm³/mol. The van der Waals surface area contributed by atoms with Crippen LogP contribution >= 0.6 is 11.6 Å². The number of benzene rings is 1. The van der Waals surface area contributed by atoms with Gasteiger partial charge in [0.2, 0.25) is 0 Å². The first-order valence-corrected chi connectivity index (χ1v) is 7.54. The summed E-state index contributed by atoms with van der Waals surface area (Å²) in [5.74, 6) is 0.902. The maximum Gasteiger partial charge on any atom is 0.119 e. The van der Waals surface area contributed by atoms with Gasteiger partial charge in [-0.3, -0.25) is 4.90 Å². The Balaban J connectivity index is 1.43. The number of nitrogens with one attached hydrogen (secondary N) is 1. The lowest BCUT2D eigenvalue weighted by Crippen LogP contribution is -2.37. The largest absolute Gasteiger partial charge is 0.492 e. The Morgan fingerprint density at radius 1 is 1.16 bits per heavy atom. The van der Waals surface area contributed by atoms with E-state index in [1.807, 2.05) is 24.3 Å². The third-order valence-corrected chi connectivity index (χ3v) is 4.35. The molecule has 104 valence electrons. The second-order valence-corrected chi connectivity index (χ2v) is 5.97. The summed E-state index contributed by atoms with van der Waals surface area (Å²) >= 11 is 5.85. The van der Waals surface area contributed by atoms with Crippen LogP contribution in [-0.4, -0.2) is 43.2 Å². The van der Waals surface area contributed by atoms with Crippen LogP contribution in [0.3, 0.4) is 0 Å². The third-order valence-electron chi connectivity index (χ3n) is 4.10. The monoisotopic (exact) mass is 280 g/mol. The molecule has 2 heterocycles. The number of rotatable bonds is 4. The molecule has 2 atom stereocenters. The van der Waals surface area contributed by atoms with Gasteiger partial charge in [0.1, 0.15) is 12.4 Å². The highest BCUT2D eigenvalue weighted by Crippen LogP contribution is 2.20. The lowest BCUT2D eigenvalue weighted by Gasteiger charge is -2.23. The zero-order chi connectivity index (χ0) is 13.1. The van der Waals surface area contributed by atoms with E-state index in [0.29, 0.717) is 6.04 Å². The highest BCUT2D eigenvalue weighted by atomic mass is 35.5. The lowest BCUT2D eigenvalue weighted by molar-refractivity contribution is 0.201. The van der Waals surface area contributed by atoms with E-state index in [1.165, 1.54) is 32.4 Å². The summed E-state index contributed by atoms with van der Waals surface area (Å²) in [7, 11) is 0. The van der Waals surface area contributed by atoms with Crippen molar-refractivity contribution in [2.24, 2.45) is 0 Å². The summed E-state index contributed by atoms with van der Waals surface area (Å²) < 4.78 is 5.76. The first kappa shape index (κ1) is 13.2. The Morgan fingerprint density at radius 2 is 1.95 bits per heavy atom. The number of hydrogen-bond acceptors (Lipinski definition) is 3. The summed E-state index contributed by atoms with van der Waals surface area (Å²) in [6.07, 6.45) is 3.97. The molecule has 2 unspecified atom stereocenters. The minimum atomic E-state index is 0.697. The highest BCUT2D eigenvalue weighted by molar-refractivity contribution is 6.30. The van der Waals surface area contributed by atoms with E-state index in [4.69, 9.17) is 16.3 Å². The van der Waals surface area contributed by atoms with Crippen molar-refractivity contribution in [2.75, 3.05) is 26.2 Å². The van der Waals surface area contributed by atoms with E-state index in [0.717, 1.165) is 30.0 Å². The number of nitrogens with zero attached hydrogens (tertiary/aromatic N) is 1. The van der Waals surface area contributed by atoms with E-state index in [1.54, 1.807) is 0 Å². The molecule has 19 heavy (non-hydrogen) atoms. The van der Waals surface area contributed by atoms with Crippen LogP contribution in [-0.2, 0) is 0 Å². The molecule has 0 aromatic heterocycles. The van der Waals surface area contributed by atoms with Gasteiger partial charge in [0.15, 0.2) is 0 Å². The molecular weight excluding hydrogens is 260 g/mol. The Bertz CT molecular complexity index is 409. The van der Waals surface area contributed by atoms with Crippen molar-refractivity contribution >= 4 is 11.6 Å². The Hall–Kier alpha value is -0.770. The molecule has 0 spiro atoms. The molecular formula is C15H21ClN2O. The van der Waals surface area contributed by atoms with Gasteiger partial charge >= 0.3 is 0 Å². The van der Waals surface area contributed by atoms with Crippen molar-refractivity contribution in [1.82, 2.24) is 10.2 Å². The lowest BCUT2D eigenvalue weighted by atomic mass is 10.1. The van der Waals surface area contributed by atoms with Gasteiger partial charge in [-0.25, -0.2) is 0 Å². The second kappa shape index (κ2) is 6.12. The van der Waals surface area contributed by atoms with Crippen molar-refractivity contribution in [3.8, 4) is 5.75 Å². The number of fused-ring (bicyclic) bond motifs is 2. The molecule has 2 aliphatic heterocycles. The predicted octanol–water partition coefficient (Wildman–Crippen LogP) is 2.55. The normalized spacial score (nSPS) is 27.2. The van der Waals surface area contributed by atoms with Gasteiger partial charge in [-0.2, -0.15) is 0 Å². The summed E-state index contributed by atoms with van der Waals surface area (Å²) in [5.41, 5.74) is 0. The van der Waals surface area contributed by atoms with Gasteiger partial charge in [0, 0.05) is 30.2 Å². The molecule has 2 saturated heterocycles. The molecule has 0 aliphatic carbocycles. The zero-order valence-corrected chi connectivity index (χ0v) is 11.9. The first-order chi connectivity index (χ1) is 9.29. The van der Waals surface area contributed by atoms with E-state index >= 15 is 0 Å². The van der Waals surface area contributed by atoms with E-state index in [-0.39, 0.29) is 0 Å². The van der Waals surface area contributed by atoms with Gasteiger partial charge in [0.05, 0.1) is 0 Å². The number of ether oxygens (including phenoxy) is 1. The van der Waals surface area contributed by atoms with Crippen LogP contribution in [0.5, 0.6) is 5.75 Å². The van der Waals surface area contributed by atoms with Crippen molar-refractivity contribution in [1.29, 1.82) is 0 Å². The van der Waals surface area contributed by atoms with Crippen LogP contribution < -0.4 is 10.1 Å². The first-order valence-electron chi connectivity index (χ1n) is 7.16. The molecule has 2 fully saturated rings. The average molecular weight is 281 g/mol. The van der Waals surface area contributed by atoms with Crippen LogP contribution in [0, 0.1) is 0 Å². The fourth-order valence-corrected chi connectivity index (χ4v) is 3.17. The average Bonchev–Trinajstić information content (AvgIpc) is 2.74. The molecule has 0 amide bonds. The fourth-order valence-electron chi connectivity index (χ4n) is 3.04. The smallest absolute Gasteiger partial charge is 0.119 e. The van der Waals surface area contributed by atoms with E-state index < -0.39 is 0 Å².